The lowest BCUT2D eigenvalue weighted by Gasteiger charge is -2.12. The summed E-state index contributed by atoms with van der Waals surface area (Å²) in [6.45, 7) is 4.01. The number of fused-ring (bicyclic) bond motifs is 1. The van der Waals surface area contributed by atoms with Crippen LogP contribution in [0.5, 0.6) is 0 Å². The van der Waals surface area contributed by atoms with E-state index in [0.29, 0.717) is 27.5 Å². The van der Waals surface area contributed by atoms with Crippen LogP contribution in [0.1, 0.15) is 17.1 Å². The third kappa shape index (κ3) is 4.63. The Bertz CT molecular complexity index is 1560. The van der Waals surface area contributed by atoms with Crippen molar-refractivity contribution in [2.45, 2.75) is 25.5 Å². The molecule has 0 atom stereocenters. The van der Waals surface area contributed by atoms with Gasteiger partial charge in [-0.15, -0.1) is 0 Å². The SMILES string of the molecule is Cc1nn(-c2ccccc2)c(C)c1NC(=O)CSc1nc2ccccc2c(=O)n1Cc1ccco1. The highest BCUT2D eigenvalue weighted by atomic mass is 32.2. The largest absolute Gasteiger partial charge is 0.467 e. The van der Waals surface area contributed by atoms with Gasteiger partial charge in [0.05, 0.1) is 52.2 Å². The highest BCUT2D eigenvalue weighted by Crippen LogP contribution is 2.24. The maximum Gasteiger partial charge on any atom is 0.262 e. The van der Waals surface area contributed by atoms with Crippen LogP contribution in [0.15, 0.2) is 87.4 Å². The van der Waals surface area contributed by atoms with Gasteiger partial charge in [-0.2, -0.15) is 5.10 Å². The van der Waals surface area contributed by atoms with Gasteiger partial charge in [-0.25, -0.2) is 9.67 Å². The van der Waals surface area contributed by atoms with Gasteiger partial charge < -0.3 is 9.73 Å². The van der Waals surface area contributed by atoms with Gasteiger partial charge in [0.1, 0.15) is 5.76 Å². The van der Waals surface area contributed by atoms with Gasteiger partial charge in [-0.3, -0.25) is 14.2 Å². The second-order valence-corrected chi connectivity index (χ2v) is 8.95. The normalized spacial score (nSPS) is 11.1. The number of amides is 1. The Morgan fingerprint density at radius 1 is 1.03 bits per heavy atom. The van der Waals surface area contributed by atoms with Crippen molar-refractivity contribution in [3.8, 4) is 5.69 Å². The van der Waals surface area contributed by atoms with Crippen LogP contribution in [0.3, 0.4) is 0 Å². The summed E-state index contributed by atoms with van der Waals surface area (Å²) in [6, 6.07) is 20.5. The lowest BCUT2D eigenvalue weighted by Crippen LogP contribution is -2.24. The first-order valence-electron chi connectivity index (χ1n) is 11.1. The standard InChI is InChI=1S/C26H23N5O3S/c1-17-24(18(2)31(29-17)19-9-4-3-5-10-19)28-23(32)16-35-26-27-22-13-7-6-12-21(22)25(33)30(26)15-20-11-8-14-34-20/h3-14H,15-16H2,1-2H3,(H,28,32). The summed E-state index contributed by atoms with van der Waals surface area (Å²) in [4.78, 5) is 30.8. The van der Waals surface area contributed by atoms with Crippen LogP contribution in [0.2, 0.25) is 0 Å². The van der Waals surface area contributed by atoms with E-state index in [4.69, 9.17) is 4.42 Å². The third-order valence-electron chi connectivity index (χ3n) is 5.61. The van der Waals surface area contributed by atoms with Crippen LogP contribution in [0.4, 0.5) is 5.69 Å². The molecule has 0 saturated heterocycles. The molecule has 0 unspecified atom stereocenters. The van der Waals surface area contributed by atoms with Gasteiger partial charge in [0.15, 0.2) is 5.16 Å². The van der Waals surface area contributed by atoms with Gasteiger partial charge in [-0.1, -0.05) is 42.1 Å². The van der Waals surface area contributed by atoms with E-state index in [9.17, 15) is 9.59 Å². The molecule has 3 heterocycles. The van der Waals surface area contributed by atoms with Crippen LogP contribution >= 0.6 is 11.8 Å². The monoisotopic (exact) mass is 485 g/mol. The molecule has 5 rings (SSSR count). The second kappa shape index (κ2) is 9.63. The summed E-state index contributed by atoms with van der Waals surface area (Å²) in [7, 11) is 0. The summed E-state index contributed by atoms with van der Waals surface area (Å²) in [5, 5.41) is 8.53. The maximum atomic E-state index is 13.2. The molecule has 0 aliphatic carbocycles. The second-order valence-electron chi connectivity index (χ2n) is 8.01. The minimum absolute atomic E-state index is 0.0817. The van der Waals surface area contributed by atoms with Crippen LogP contribution in [-0.2, 0) is 11.3 Å². The van der Waals surface area contributed by atoms with Gasteiger partial charge in [-0.05, 0) is 50.2 Å². The molecule has 0 saturated carbocycles. The summed E-state index contributed by atoms with van der Waals surface area (Å²) in [5.74, 6) is 0.508. The molecule has 0 bridgehead atoms. The van der Waals surface area contributed by atoms with E-state index in [1.165, 1.54) is 11.8 Å². The van der Waals surface area contributed by atoms with Crippen molar-refractivity contribution in [2.24, 2.45) is 0 Å². The van der Waals surface area contributed by atoms with Crippen molar-refractivity contribution in [2.75, 3.05) is 11.1 Å². The molecule has 0 aliphatic heterocycles. The number of hydrogen-bond donors (Lipinski definition) is 1. The van der Waals surface area contributed by atoms with Crippen molar-refractivity contribution in [3.63, 3.8) is 0 Å². The van der Waals surface area contributed by atoms with Crippen LogP contribution in [0.25, 0.3) is 16.6 Å². The zero-order valence-electron chi connectivity index (χ0n) is 19.3. The first-order valence-corrected chi connectivity index (χ1v) is 12.1. The number of para-hydroxylation sites is 2. The first kappa shape index (κ1) is 22.7. The lowest BCUT2D eigenvalue weighted by molar-refractivity contribution is -0.113. The Labute approximate surface area is 205 Å². The predicted molar refractivity (Wildman–Crippen MR) is 136 cm³/mol. The molecule has 9 heteroatoms. The van der Waals surface area contributed by atoms with E-state index in [-0.39, 0.29) is 23.8 Å². The molecular formula is C26H23N5O3S. The number of anilines is 1. The van der Waals surface area contributed by atoms with E-state index >= 15 is 0 Å². The van der Waals surface area contributed by atoms with Crippen molar-refractivity contribution >= 4 is 34.3 Å². The Morgan fingerprint density at radius 2 is 1.80 bits per heavy atom. The molecule has 1 amide bonds. The van der Waals surface area contributed by atoms with Gasteiger partial charge in [0.2, 0.25) is 5.91 Å². The number of nitrogens with one attached hydrogen (secondary N) is 1. The Kier molecular flexibility index (Phi) is 6.24. The zero-order valence-corrected chi connectivity index (χ0v) is 20.1. The first-order chi connectivity index (χ1) is 17.0. The number of nitrogens with zero attached hydrogens (tertiary/aromatic N) is 4. The number of aryl methyl sites for hydroxylation is 1. The smallest absolute Gasteiger partial charge is 0.262 e. The maximum absolute atomic E-state index is 13.2. The average Bonchev–Trinajstić information content (AvgIpc) is 3.49. The molecule has 8 nitrogen and oxygen atoms in total. The number of rotatable bonds is 7. The lowest BCUT2D eigenvalue weighted by atomic mass is 10.2. The number of thioether (sulfide) groups is 1. The summed E-state index contributed by atoms with van der Waals surface area (Å²) < 4.78 is 8.80. The Morgan fingerprint density at radius 3 is 2.57 bits per heavy atom. The number of aromatic nitrogens is 4. The van der Waals surface area contributed by atoms with E-state index < -0.39 is 0 Å². The minimum Gasteiger partial charge on any atom is -0.467 e. The fraction of sp³-hybridized carbons (Fsp3) is 0.154. The van der Waals surface area contributed by atoms with E-state index in [1.807, 2.05) is 61.0 Å². The van der Waals surface area contributed by atoms with Gasteiger partial charge in [0.25, 0.3) is 5.56 Å². The number of carbonyl (C=O) groups excluding carboxylic acids is 1. The molecule has 5 aromatic rings. The Balaban J connectivity index is 1.38. The average molecular weight is 486 g/mol. The topological polar surface area (TPSA) is 95.0 Å². The zero-order chi connectivity index (χ0) is 24.4. The van der Waals surface area contributed by atoms with Crippen molar-refractivity contribution in [3.05, 3.63) is 100 Å². The minimum atomic E-state index is -0.208. The third-order valence-corrected chi connectivity index (χ3v) is 6.59. The van der Waals surface area contributed by atoms with Crippen molar-refractivity contribution < 1.29 is 9.21 Å². The predicted octanol–water partition coefficient (Wildman–Crippen LogP) is 4.57. The number of hydrogen-bond acceptors (Lipinski definition) is 6. The molecule has 0 fully saturated rings. The van der Waals surface area contributed by atoms with Gasteiger partial charge in [0, 0.05) is 0 Å². The highest BCUT2D eigenvalue weighted by Gasteiger charge is 2.18. The fourth-order valence-corrected chi connectivity index (χ4v) is 4.70. The molecule has 2 aromatic carbocycles. The molecule has 3 aromatic heterocycles. The molecule has 1 N–H and O–H groups in total. The number of carbonyl (C=O) groups is 1. The van der Waals surface area contributed by atoms with Crippen LogP contribution in [-0.4, -0.2) is 31.0 Å². The summed E-state index contributed by atoms with van der Waals surface area (Å²) in [6.07, 6.45) is 1.56. The molecule has 35 heavy (non-hydrogen) atoms. The fourth-order valence-electron chi connectivity index (χ4n) is 3.91. The van der Waals surface area contributed by atoms with E-state index in [2.05, 4.69) is 15.4 Å². The van der Waals surface area contributed by atoms with Crippen molar-refractivity contribution in [1.82, 2.24) is 19.3 Å². The molecule has 0 aliphatic rings. The number of benzene rings is 2. The van der Waals surface area contributed by atoms with Gasteiger partial charge >= 0.3 is 0 Å². The highest BCUT2D eigenvalue weighted by molar-refractivity contribution is 7.99. The summed E-state index contributed by atoms with van der Waals surface area (Å²) in [5.41, 5.74) is 3.58. The molecule has 0 spiro atoms. The quantitative estimate of drug-likeness (QED) is 0.268. The number of furan rings is 1. The van der Waals surface area contributed by atoms with Crippen LogP contribution < -0.4 is 10.9 Å². The molecular weight excluding hydrogens is 462 g/mol. The molecule has 0 radical (unpaired) electrons. The molecule has 176 valence electrons. The van der Waals surface area contributed by atoms with E-state index in [0.717, 1.165) is 17.1 Å². The summed E-state index contributed by atoms with van der Waals surface area (Å²) >= 11 is 1.21. The van der Waals surface area contributed by atoms with Crippen LogP contribution in [0, 0.1) is 13.8 Å². The van der Waals surface area contributed by atoms with Crippen molar-refractivity contribution in [1.29, 1.82) is 0 Å². The van der Waals surface area contributed by atoms with E-state index in [1.54, 1.807) is 35.1 Å². The Hall–Kier alpha value is -4.11.